The third-order valence-corrected chi connectivity index (χ3v) is 6.04. The van der Waals surface area contributed by atoms with E-state index < -0.39 is 0 Å². The molecule has 138 valence electrons. The highest BCUT2D eigenvalue weighted by Gasteiger charge is 2.24. The quantitative estimate of drug-likeness (QED) is 0.890. The number of carbonyl (C=O) groups excluding carboxylic acids is 1. The largest absolute Gasteiger partial charge is 0.384 e. The summed E-state index contributed by atoms with van der Waals surface area (Å²) in [5.41, 5.74) is 6.74. The second-order valence-corrected chi connectivity index (χ2v) is 7.72. The molecule has 5 nitrogen and oxygen atoms in total. The Balaban J connectivity index is 1.41. The van der Waals surface area contributed by atoms with Crippen molar-refractivity contribution in [2.24, 2.45) is 11.8 Å². The van der Waals surface area contributed by atoms with Gasteiger partial charge in [-0.25, -0.2) is 4.98 Å². The smallest absolute Gasteiger partial charge is 0.222 e. The standard InChI is InChI=1S/C20H32N4O/c1-16(17-5-3-2-4-6-17)7-10-20(25)24-13-11-23(12-14-24)18-8-9-19(21)22-15-18/h8-9,15-17H,2-7,10-14H2,1H3,(H2,21,22). The molecular formula is C20H32N4O. The van der Waals surface area contributed by atoms with Crippen LogP contribution in [0.1, 0.15) is 51.9 Å². The average Bonchev–Trinajstić information content (AvgIpc) is 2.67. The fourth-order valence-corrected chi connectivity index (χ4v) is 4.25. The molecule has 3 rings (SSSR count). The summed E-state index contributed by atoms with van der Waals surface area (Å²) in [4.78, 5) is 21.0. The summed E-state index contributed by atoms with van der Waals surface area (Å²) >= 11 is 0. The van der Waals surface area contributed by atoms with Crippen LogP contribution in [0, 0.1) is 11.8 Å². The summed E-state index contributed by atoms with van der Waals surface area (Å²) in [6.07, 6.45) is 10.5. The first-order valence-corrected chi connectivity index (χ1v) is 9.88. The number of piperazine rings is 1. The molecule has 2 aliphatic rings. The fraction of sp³-hybridized carbons (Fsp3) is 0.700. The number of nitrogens with two attached hydrogens (primary N) is 1. The number of pyridine rings is 1. The first-order chi connectivity index (χ1) is 12.1. The average molecular weight is 345 g/mol. The van der Waals surface area contributed by atoms with E-state index in [9.17, 15) is 4.79 Å². The summed E-state index contributed by atoms with van der Waals surface area (Å²) < 4.78 is 0. The van der Waals surface area contributed by atoms with Crippen molar-refractivity contribution in [2.75, 3.05) is 36.8 Å². The predicted molar refractivity (Wildman–Crippen MR) is 102 cm³/mol. The third-order valence-electron chi connectivity index (χ3n) is 6.04. The molecule has 1 saturated carbocycles. The molecule has 1 amide bonds. The van der Waals surface area contributed by atoms with E-state index in [1.54, 1.807) is 0 Å². The van der Waals surface area contributed by atoms with Crippen molar-refractivity contribution in [1.82, 2.24) is 9.88 Å². The summed E-state index contributed by atoms with van der Waals surface area (Å²) in [6.45, 7) is 5.70. The van der Waals surface area contributed by atoms with Gasteiger partial charge in [0.25, 0.3) is 0 Å². The second kappa shape index (κ2) is 8.54. The van der Waals surface area contributed by atoms with E-state index in [0.29, 0.717) is 24.1 Å². The lowest BCUT2D eigenvalue weighted by Gasteiger charge is -2.36. The summed E-state index contributed by atoms with van der Waals surface area (Å²) in [7, 11) is 0. The molecule has 1 saturated heterocycles. The van der Waals surface area contributed by atoms with Crippen molar-refractivity contribution < 1.29 is 4.79 Å². The molecule has 1 aliphatic carbocycles. The fourth-order valence-electron chi connectivity index (χ4n) is 4.25. The van der Waals surface area contributed by atoms with Crippen molar-refractivity contribution in [3.05, 3.63) is 18.3 Å². The minimum atomic E-state index is 0.331. The summed E-state index contributed by atoms with van der Waals surface area (Å²) in [6, 6.07) is 3.84. The van der Waals surface area contributed by atoms with Crippen LogP contribution in [0.5, 0.6) is 0 Å². The topological polar surface area (TPSA) is 62.5 Å². The van der Waals surface area contributed by atoms with Crippen LogP contribution >= 0.6 is 0 Å². The van der Waals surface area contributed by atoms with Crippen molar-refractivity contribution in [1.29, 1.82) is 0 Å². The molecule has 0 aromatic carbocycles. The zero-order valence-corrected chi connectivity index (χ0v) is 15.5. The lowest BCUT2D eigenvalue weighted by Crippen LogP contribution is -2.48. The Morgan fingerprint density at radius 2 is 1.92 bits per heavy atom. The maximum Gasteiger partial charge on any atom is 0.222 e. The van der Waals surface area contributed by atoms with Crippen LogP contribution in [0.3, 0.4) is 0 Å². The molecule has 5 heteroatoms. The highest BCUT2D eigenvalue weighted by molar-refractivity contribution is 5.76. The number of amides is 1. The van der Waals surface area contributed by atoms with Gasteiger partial charge in [-0.15, -0.1) is 0 Å². The van der Waals surface area contributed by atoms with Gasteiger partial charge in [0.1, 0.15) is 5.82 Å². The maximum atomic E-state index is 12.6. The minimum Gasteiger partial charge on any atom is -0.384 e. The highest BCUT2D eigenvalue weighted by Crippen LogP contribution is 2.32. The van der Waals surface area contributed by atoms with Gasteiger partial charge in [0.05, 0.1) is 11.9 Å². The van der Waals surface area contributed by atoms with Gasteiger partial charge in [0.15, 0.2) is 0 Å². The number of hydrogen-bond donors (Lipinski definition) is 1. The molecule has 2 fully saturated rings. The van der Waals surface area contributed by atoms with E-state index >= 15 is 0 Å². The molecule has 0 spiro atoms. The zero-order valence-electron chi connectivity index (χ0n) is 15.5. The van der Waals surface area contributed by atoms with Crippen LogP contribution in [0.25, 0.3) is 0 Å². The van der Waals surface area contributed by atoms with E-state index in [4.69, 9.17) is 5.73 Å². The van der Waals surface area contributed by atoms with Crippen molar-refractivity contribution in [2.45, 2.75) is 51.9 Å². The SMILES string of the molecule is CC(CCC(=O)N1CCN(c2ccc(N)nc2)CC1)C1CCCCC1. The Bertz CT molecular complexity index is 545. The molecule has 1 atom stereocenters. The predicted octanol–water partition coefficient (Wildman–Crippen LogP) is 3.31. The van der Waals surface area contributed by atoms with E-state index in [-0.39, 0.29) is 0 Å². The van der Waals surface area contributed by atoms with Crippen molar-refractivity contribution in [3.8, 4) is 0 Å². The Kier molecular flexibility index (Phi) is 6.16. The summed E-state index contributed by atoms with van der Waals surface area (Å²) in [5, 5.41) is 0. The van der Waals surface area contributed by atoms with E-state index in [2.05, 4.69) is 16.8 Å². The van der Waals surface area contributed by atoms with Crippen LogP contribution in [0.4, 0.5) is 11.5 Å². The van der Waals surface area contributed by atoms with Crippen molar-refractivity contribution in [3.63, 3.8) is 0 Å². The molecule has 1 unspecified atom stereocenters. The van der Waals surface area contributed by atoms with Gasteiger partial charge in [-0.3, -0.25) is 4.79 Å². The van der Waals surface area contributed by atoms with Crippen LogP contribution < -0.4 is 10.6 Å². The molecule has 2 heterocycles. The van der Waals surface area contributed by atoms with Gasteiger partial charge in [-0.1, -0.05) is 39.0 Å². The lowest BCUT2D eigenvalue weighted by molar-refractivity contribution is -0.131. The van der Waals surface area contributed by atoms with Crippen molar-refractivity contribution >= 4 is 17.4 Å². The number of nitrogen functional groups attached to an aromatic ring is 1. The molecule has 0 radical (unpaired) electrons. The van der Waals surface area contributed by atoms with Crippen LogP contribution in [0.15, 0.2) is 18.3 Å². The molecule has 1 aromatic heterocycles. The molecule has 1 aliphatic heterocycles. The number of carbonyl (C=O) groups is 1. The van der Waals surface area contributed by atoms with Gasteiger partial charge in [0, 0.05) is 32.6 Å². The zero-order chi connectivity index (χ0) is 17.6. The van der Waals surface area contributed by atoms with E-state index in [0.717, 1.165) is 44.2 Å². The Labute approximate surface area is 151 Å². The first-order valence-electron chi connectivity index (χ1n) is 9.88. The normalized spacial score (nSPS) is 20.5. The third kappa shape index (κ3) is 4.86. The number of aromatic nitrogens is 1. The van der Waals surface area contributed by atoms with E-state index in [1.165, 1.54) is 32.1 Å². The summed E-state index contributed by atoms with van der Waals surface area (Å²) in [5.74, 6) is 2.41. The second-order valence-electron chi connectivity index (χ2n) is 7.72. The van der Waals surface area contributed by atoms with Gasteiger partial charge >= 0.3 is 0 Å². The number of rotatable bonds is 5. The first kappa shape index (κ1) is 18.0. The Hall–Kier alpha value is -1.78. The van der Waals surface area contributed by atoms with Gasteiger partial charge in [0.2, 0.25) is 5.91 Å². The highest BCUT2D eigenvalue weighted by atomic mass is 16.2. The molecule has 25 heavy (non-hydrogen) atoms. The monoisotopic (exact) mass is 344 g/mol. The maximum absolute atomic E-state index is 12.6. The number of nitrogens with zero attached hydrogens (tertiary/aromatic N) is 3. The molecule has 2 N–H and O–H groups in total. The Morgan fingerprint density at radius 1 is 1.20 bits per heavy atom. The Morgan fingerprint density at radius 3 is 2.56 bits per heavy atom. The number of hydrogen-bond acceptors (Lipinski definition) is 4. The molecular weight excluding hydrogens is 312 g/mol. The van der Waals surface area contributed by atoms with Gasteiger partial charge in [-0.05, 0) is 30.4 Å². The minimum absolute atomic E-state index is 0.331. The van der Waals surface area contributed by atoms with Crippen LogP contribution in [-0.2, 0) is 4.79 Å². The van der Waals surface area contributed by atoms with Gasteiger partial charge < -0.3 is 15.5 Å². The molecule has 0 bridgehead atoms. The number of anilines is 2. The van der Waals surface area contributed by atoms with Gasteiger partial charge in [-0.2, -0.15) is 0 Å². The molecule has 1 aromatic rings. The van der Waals surface area contributed by atoms with Crippen LogP contribution in [-0.4, -0.2) is 42.0 Å². The van der Waals surface area contributed by atoms with Crippen LogP contribution in [0.2, 0.25) is 0 Å². The van der Waals surface area contributed by atoms with E-state index in [1.807, 2.05) is 23.2 Å². The lowest BCUT2D eigenvalue weighted by atomic mass is 9.79.